The quantitative estimate of drug-likeness (QED) is 0.864. The molecule has 0 aliphatic carbocycles. The van der Waals surface area contributed by atoms with Crippen molar-refractivity contribution in [2.45, 2.75) is 32.9 Å². The molecule has 102 valence electrons. The number of ether oxygens (including phenoxy) is 1. The van der Waals surface area contributed by atoms with Gasteiger partial charge >= 0.3 is 0 Å². The van der Waals surface area contributed by atoms with Gasteiger partial charge in [-0.3, -0.25) is 4.68 Å². The molecule has 1 atom stereocenters. The number of nitrogens with zero attached hydrogens (tertiary/aromatic N) is 2. The van der Waals surface area contributed by atoms with Gasteiger partial charge in [-0.05, 0) is 38.1 Å². The molecular weight excluding hydrogens is 238 g/mol. The number of nitrogens with one attached hydrogen (secondary N) is 1. The van der Waals surface area contributed by atoms with Gasteiger partial charge in [-0.1, -0.05) is 19.1 Å². The summed E-state index contributed by atoms with van der Waals surface area (Å²) in [5, 5.41) is 7.48. The second kappa shape index (κ2) is 6.38. The Bertz CT molecular complexity index is 500. The van der Waals surface area contributed by atoms with E-state index in [-0.39, 0.29) is 0 Å². The molecule has 0 aliphatic rings. The van der Waals surface area contributed by atoms with Crippen LogP contribution in [0.5, 0.6) is 11.5 Å². The van der Waals surface area contributed by atoms with E-state index in [9.17, 15) is 0 Å². The molecule has 0 saturated carbocycles. The molecule has 19 heavy (non-hydrogen) atoms. The average molecular weight is 259 g/mol. The minimum absolute atomic E-state index is 0.400. The van der Waals surface area contributed by atoms with Crippen LogP contribution in [0.25, 0.3) is 0 Å². The Labute approximate surface area is 114 Å². The van der Waals surface area contributed by atoms with Gasteiger partial charge in [0.1, 0.15) is 5.75 Å². The van der Waals surface area contributed by atoms with E-state index in [0.29, 0.717) is 6.04 Å². The molecule has 0 spiro atoms. The predicted molar refractivity (Wildman–Crippen MR) is 76.5 cm³/mol. The Morgan fingerprint density at radius 3 is 2.47 bits per heavy atom. The van der Waals surface area contributed by atoms with Crippen molar-refractivity contribution in [2.24, 2.45) is 0 Å². The van der Waals surface area contributed by atoms with Crippen LogP contribution < -0.4 is 10.1 Å². The summed E-state index contributed by atoms with van der Waals surface area (Å²) in [6.07, 6.45) is 4.70. The molecule has 0 bridgehead atoms. The molecule has 2 rings (SSSR count). The van der Waals surface area contributed by atoms with Crippen LogP contribution >= 0.6 is 0 Å². The largest absolute Gasteiger partial charge is 0.454 e. The van der Waals surface area contributed by atoms with Crippen LogP contribution in [-0.2, 0) is 6.54 Å². The van der Waals surface area contributed by atoms with Gasteiger partial charge in [-0.2, -0.15) is 5.10 Å². The molecule has 0 aliphatic heterocycles. The summed E-state index contributed by atoms with van der Waals surface area (Å²) in [5.74, 6) is 1.61. The molecule has 0 radical (unpaired) electrons. The van der Waals surface area contributed by atoms with Gasteiger partial charge in [0.2, 0.25) is 0 Å². The molecule has 1 N–H and O–H groups in total. The first-order valence-electron chi connectivity index (χ1n) is 6.74. The lowest BCUT2D eigenvalue weighted by molar-refractivity contribution is 0.480. The minimum Gasteiger partial charge on any atom is -0.454 e. The molecule has 4 nitrogen and oxygen atoms in total. The minimum atomic E-state index is 0.400. The highest BCUT2D eigenvalue weighted by molar-refractivity contribution is 5.32. The van der Waals surface area contributed by atoms with Crippen molar-refractivity contribution in [1.82, 2.24) is 15.1 Å². The van der Waals surface area contributed by atoms with E-state index in [1.54, 1.807) is 6.20 Å². The van der Waals surface area contributed by atoms with Gasteiger partial charge < -0.3 is 10.1 Å². The van der Waals surface area contributed by atoms with Crippen LogP contribution in [0.1, 0.15) is 31.9 Å². The molecule has 0 saturated heterocycles. The van der Waals surface area contributed by atoms with Crippen molar-refractivity contribution in [2.75, 3.05) is 7.05 Å². The van der Waals surface area contributed by atoms with E-state index in [1.807, 2.05) is 37.0 Å². The molecule has 0 amide bonds. The van der Waals surface area contributed by atoms with Gasteiger partial charge in [0.15, 0.2) is 5.75 Å². The summed E-state index contributed by atoms with van der Waals surface area (Å²) in [6, 6.07) is 8.60. The van der Waals surface area contributed by atoms with Crippen molar-refractivity contribution < 1.29 is 4.74 Å². The fourth-order valence-electron chi connectivity index (χ4n) is 2.08. The maximum atomic E-state index is 5.76. The van der Waals surface area contributed by atoms with Gasteiger partial charge in [0.25, 0.3) is 0 Å². The Balaban J connectivity index is 2.06. The normalized spacial score (nSPS) is 12.4. The number of hydrogen-bond acceptors (Lipinski definition) is 3. The van der Waals surface area contributed by atoms with Crippen LogP contribution in [0.2, 0.25) is 0 Å². The van der Waals surface area contributed by atoms with E-state index in [2.05, 4.69) is 29.5 Å². The highest BCUT2D eigenvalue weighted by Crippen LogP contribution is 2.23. The van der Waals surface area contributed by atoms with Gasteiger partial charge in [0.05, 0.1) is 12.4 Å². The summed E-state index contributed by atoms with van der Waals surface area (Å²) >= 11 is 0. The van der Waals surface area contributed by atoms with E-state index in [4.69, 9.17) is 4.74 Å². The smallest absolute Gasteiger partial charge is 0.165 e. The van der Waals surface area contributed by atoms with Crippen molar-refractivity contribution in [3.63, 3.8) is 0 Å². The highest BCUT2D eigenvalue weighted by atomic mass is 16.5. The zero-order valence-electron chi connectivity index (χ0n) is 11.8. The summed E-state index contributed by atoms with van der Waals surface area (Å²) in [5.41, 5.74) is 1.28. The Morgan fingerprint density at radius 1 is 1.21 bits per heavy atom. The first-order valence-corrected chi connectivity index (χ1v) is 6.74. The topological polar surface area (TPSA) is 39.1 Å². The van der Waals surface area contributed by atoms with E-state index >= 15 is 0 Å². The van der Waals surface area contributed by atoms with Crippen LogP contribution in [0.3, 0.4) is 0 Å². The van der Waals surface area contributed by atoms with Crippen molar-refractivity contribution >= 4 is 0 Å². The molecule has 4 heteroatoms. The first-order chi connectivity index (χ1) is 9.26. The van der Waals surface area contributed by atoms with Crippen molar-refractivity contribution in [1.29, 1.82) is 0 Å². The van der Waals surface area contributed by atoms with Crippen LogP contribution in [0.4, 0.5) is 0 Å². The predicted octanol–water partition coefficient (Wildman–Crippen LogP) is 3.37. The maximum Gasteiger partial charge on any atom is 0.165 e. The number of rotatable bonds is 6. The van der Waals surface area contributed by atoms with Crippen LogP contribution in [-0.4, -0.2) is 16.8 Å². The first kappa shape index (κ1) is 13.6. The Morgan fingerprint density at radius 2 is 1.95 bits per heavy atom. The van der Waals surface area contributed by atoms with Crippen molar-refractivity contribution in [3.05, 3.63) is 42.2 Å². The van der Waals surface area contributed by atoms with Gasteiger partial charge in [-0.15, -0.1) is 0 Å². The number of benzene rings is 1. The summed E-state index contributed by atoms with van der Waals surface area (Å²) in [4.78, 5) is 0. The van der Waals surface area contributed by atoms with E-state index < -0.39 is 0 Å². The molecule has 0 fully saturated rings. The standard InChI is InChI=1S/C15H21N3O/c1-4-15(16-3)12-6-8-13(9-7-12)19-14-10-17-18(5-2)11-14/h6-11,15-16H,4-5H2,1-3H3. The van der Waals surface area contributed by atoms with Crippen LogP contribution in [0.15, 0.2) is 36.7 Å². The second-order valence-electron chi connectivity index (χ2n) is 4.45. The number of hydrogen-bond donors (Lipinski definition) is 1. The molecule has 2 aromatic rings. The zero-order chi connectivity index (χ0) is 13.7. The molecule has 1 aromatic heterocycles. The monoisotopic (exact) mass is 259 g/mol. The molecular formula is C15H21N3O. The fraction of sp³-hybridized carbons (Fsp3) is 0.400. The SMILES string of the molecule is CCC(NC)c1ccc(Oc2cnn(CC)c2)cc1. The molecule has 1 aromatic carbocycles. The summed E-state index contributed by atoms with van der Waals surface area (Å²) in [6.45, 7) is 5.07. The summed E-state index contributed by atoms with van der Waals surface area (Å²) < 4.78 is 7.60. The lowest BCUT2D eigenvalue weighted by Crippen LogP contribution is -2.14. The third kappa shape index (κ3) is 3.35. The van der Waals surface area contributed by atoms with Crippen LogP contribution in [0, 0.1) is 0 Å². The van der Waals surface area contributed by atoms with E-state index in [1.165, 1.54) is 5.56 Å². The lowest BCUT2D eigenvalue weighted by atomic mass is 10.1. The second-order valence-corrected chi connectivity index (χ2v) is 4.45. The Kier molecular flexibility index (Phi) is 4.58. The number of aromatic nitrogens is 2. The Hall–Kier alpha value is -1.81. The average Bonchev–Trinajstić information content (AvgIpc) is 2.90. The zero-order valence-corrected chi connectivity index (χ0v) is 11.8. The third-order valence-electron chi connectivity index (χ3n) is 3.21. The lowest BCUT2D eigenvalue weighted by Gasteiger charge is -2.14. The van der Waals surface area contributed by atoms with E-state index in [0.717, 1.165) is 24.5 Å². The molecule has 1 heterocycles. The molecule has 1 unspecified atom stereocenters. The van der Waals surface area contributed by atoms with Gasteiger partial charge in [-0.25, -0.2) is 0 Å². The summed E-state index contributed by atoms with van der Waals surface area (Å²) in [7, 11) is 1.98. The third-order valence-corrected chi connectivity index (χ3v) is 3.21. The van der Waals surface area contributed by atoms with Crippen molar-refractivity contribution in [3.8, 4) is 11.5 Å². The maximum absolute atomic E-state index is 5.76. The number of aryl methyl sites for hydroxylation is 1. The van der Waals surface area contributed by atoms with Gasteiger partial charge in [0, 0.05) is 12.6 Å². The fourth-order valence-corrected chi connectivity index (χ4v) is 2.08. The highest BCUT2D eigenvalue weighted by Gasteiger charge is 2.06.